The highest BCUT2D eigenvalue weighted by molar-refractivity contribution is 4.76. The van der Waals surface area contributed by atoms with Crippen molar-refractivity contribution < 1.29 is 10.2 Å². The molecule has 3 nitrogen and oxygen atoms in total. The van der Waals surface area contributed by atoms with Gasteiger partial charge in [-0.05, 0) is 19.8 Å². The Bertz CT molecular complexity index is 124. The van der Waals surface area contributed by atoms with Gasteiger partial charge in [0.2, 0.25) is 0 Å². The van der Waals surface area contributed by atoms with Crippen LogP contribution < -0.4 is 5.32 Å². The van der Waals surface area contributed by atoms with Crippen LogP contribution in [0.25, 0.3) is 0 Å². The van der Waals surface area contributed by atoms with Crippen LogP contribution in [-0.4, -0.2) is 35.0 Å². The molecule has 0 heterocycles. The van der Waals surface area contributed by atoms with E-state index < -0.39 is 5.60 Å². The number of rotatable bonds is 5. The summed E-state index contributed by atoms with van der Waals surface area (Å²) in [7, 11) is 0. The fourth-order valence-corrected chi connectivity index (χ4v) is 0.672. The van der Waals surface area contributed by atoms with Crippen molar-refractivity contribution in [1.29, 1.82) is 0 Å². The van der Waals surface area contributed by atoms with Gasteiger partial charge >= 0.3 is 0 Å². The Morgan fingerprint density at radius 1 is 1.33 bits per heavy atom. The van der Waals surface area contributed by atoms with Crippen LogP contribution in [0.4, 0.5) is 0 Å². The maximum Gasteiger partial charge on any atom is 0.0972 e. The molecule has 0 saturated carbocycles. The minimum Gasteiger partial charge on any atom is -0.393 e. The number of aliphatic hydroxyl groups excluding tert-OH is 1. The van der Waals surface area contributed by atoms with Crippen molar-refractivity contribution in [3.05, 3.63) is 0 Å². The summed E-state index contributed by atoms with van der Waals surface area (Å²) < 4.78 is 0. The Hall–Kier alpha value is -0.120. The third-order valence-corrected chi connectivity index (χ3v) is 2.15. The molecular formula is C9H21NO2. The third-order valence-electron chi connectivity index (χ3n) is 2.15. The lowest BCUT2D eigenvalue weighted by molar-refractivity contribution is 0.000160. The molecule has 2 unspecified atom stereocenters. The molecule has 0 aliphatic heterocycles. The van der Waals surface area contributed by atoms with Crippen LogP contribution in [0, 0.1) is 5.92 Å². The minimum atomic E-state index is -0.997. The van der Waals surface area contributed by atoms with Gasteiger partial charge in [0.25, 0.3) is 0 Å². The first-order valence-electron chi connectivity index (χ1n) is 4.45. The van der Waals surface area contributed by atoms with Crippen molar-refractivity contribution in [3.8, 4) is 0 Å². The molecule has 0 amide bonds. The second kappa shape index (κ2) is 4.80. The van der Waals surface area contributed by atoms with E-state index in [9.17, 15) is 5.11 Å². The highest BCUT2D eigenvalue weighted by Crippen LogP contribution is 2.03. The summed E-state index contributed by atoms with van der Waals surface area (Å²) in [6.07, 6.45) is 0. The van der Waals surface area contributed by atoms with Gasteiger partial charge in [-0.15, -0.1) is 0 Å². The van der Waals surface area contributed by atoms with E-state index in [0.717, 1.165) is 0 Å². The quantitative estimate of drug-likeness (QED) is 0.565. The van der Waals surface area contributed by atoms with Crippen molar-refractivity contribution in [2.24, 2.45) is 5.92 Å². The molecule has 0 aromatic carbocycles. The molecular weight excluding hydrogens is 154 g/mol. The van der Waals surface area contributed by atoms with Crippen LogP contribution in [0.15, 0.2) is 0 Å². The van der Waals surface area contributed by atoms with Crippen LogP contribution in [0.2, 0.25) is 0 Å². The first-order chi connectivity index (χ1) is 5.39. The van der Waals surface area contributed by atoms with Crippen molar-refractivity contribution in [2.45, 2.75) is 39.3 Å². The predicted molar refractivity (Wildman–Crippen MR) is 50.0 cm³/mol. The van der Waals surface area contributed by atoms with E-state index >= 15 is 0 Å². The van der Waals surface area contributed by atoms with Gasteiger partial charge in [-0.1, -0.05) is 13.8 Å². The second-order valence-electron chi connectivity index (χ2n) is 4.07. The molecule has 0 bridgehead atoms. The van der Waals surface area contributed by atoms with Gasteiger partial charge in [0.15, 0.2) is 0 Å². The molecule has 2 atom stereocenters. The number of nitrogens with one attached hydrogen (secondary N) is 1. The zero-order valence-corrected chi connectivity index (χ0v) is 8.46. The summed E-state index contributed by atoms with van der Waals surface area (Å²) in [5.41, 5.74) is -0.997. The van der Waals surface area contributed by atoms with Crippen LogP contribution in [0.1, 0.15) is 27.7 Å². The molecule has 0 aliphatic carbocycles. The smallest absolute Gasteiger partial charge is 0.0972 e. The molecule has 74 valence electrons. The predicted octanol–water partition coefficient (Wildman–Crippen LogP) is 0.364. The van der Waals surface area contributed by atoms with Crippen molar-refractivity contribution >= 4 is 0 Å². The van der Waals surface area contributed by atoms with Gasteiger partial charge in [-0.2, -0.15) is 0 Å². The van der Waals surface area contributed by atoms with Crippen molar-refractivity contribution in [1.82, 2.24) is 5.32 Å². The highest BCUT2D eigenvalue weighted by Gasteiger charge is 2.19. The maximum absolute atomic E-state index is 9.44. The third kappa shape index (κ3) is 4.70. The van der Waals surface area contributed by atoms with E-state index in [2.05, 4.69) is 26.1 Å². The summed E-state index contributed by atoms with van der Waals surface area (Å²) >= 11 is 0. The monoisotopic (exact) mass is 175 g/mol. The average Bonchev–Trinajstić information content (AvgIpc) is 2.00. The largest absolute Gasteiger partial charge is 0.393 e. The molecule has 0 radical (unpaired) electrons. The van der Waals surface area contributed by atoms with Gasteiger partial charge in [-0.25, -0.2) is 0 Å². The molecule has 0 spiro atoms. The lowest BCUT2D eigenvalue weighted by Gasteiger charge is -2.25. The Kier molecular flexibility index (Phi) is 4.75. The highest BCUT2D eigenvalue weighted by atomic mass is 16.3. The van der Waals surface area contributed by atoms with Crippen molar-refractivity contribution in [3.63, 3.8) is 0 Å². The van der Waals surface area contributed by atoms with E-state index in [0.29, 0.717) is 18.5 Å². The Labute approximate surface area is 74.8 Å². The molecule has 0 rings (SSSR count). The van der Waals surface area contributed by atoms with Gasteiger partial charge in [-0.3, -0.25) is 0 Å². The van der Waals surface area contributed by atoms with Gasteiger partial charge in [0, 0.05) is 12.6 Å². The zero-order valence-electron chi connectivity index (χ0n) is 8.46. The summed E-state index contributed by atoms with van der Waals surface area (Å²) in [6, 6.07) is 0.364. The van der Waals surface area contributed by atoms with E-state index in [1.165, 1.54) is 0 Å². The second-order valence-corrected chi connectivity index (χ2v) is 4.07. The lowest BCUT2D eigenvalue weighted by Crippen LogP contribution is -2.45. The molecule has 0 fully saturated rings. The minimum absolute atomic E-state index is 0.204. The maximum atomic E-state index is 9.44. The van der Waals surface area contributed by atoms with Crippen LogP contribution in [0.5, 0.6) is 0 Å². The Morgan fingerprint density at radius 3 is 2.17 bits per heavy atom. The molecule has 3 heteroatoms. The standard InChI is InChI=1S/C9H21NO2/c1-7(2)8(3)10-5-9(4,12)6-11/h7-8,10-12H,5-6H2,1-4H3. The van der Waals surface area contributed by atoms with Gasteiger partial charge in [0.05, 0.1) is 12.2 Å². The zero-order chi connectivity index (χ0) is 9.78. The van der Waals surface area contributed by atoms with Crippen molar-refractivity contribution in [2.75, 3.05) is 13.2 Å². The van der Waals surface area contributed by atoms with Crippen LogP contribution in [-0.2, 0) is 0 Å². The van der Waals surface area contributed by atoms with Gasteiger partial charge < -0.3 is 15.5 Å². The number of hydrogen-bond donors (Lipinski definition) is 3. The summed E-state index contributed by atoms with van der Waals surface area (Å²) in [5.74, 6) is 0.541. The SMILES string of the molecule is CC(C)C(C)NCC(C)(O)CO. The molecule has 0 aliphatic rings. The topological polar surface area (TPSA) is 52.5 Å². The fourth-order valence-electron chi connectivity index (χ4n) is 0.672. The summed E-state index contributed by atoms with van der Waals surface area (Å²) in [4.78, 5) is 0. The van der Waals surface area contributed by atoms with Gasteiger partial charge in [0.1, 0.15) is 0 Å². The molecule has 0 aromatic heterocycles. The summed E-state index contributed by atoms with van der Waals surface area (Å²) in [6.45, 7) is 8.15. The molecule has 0 aromatic rings. The molecule has 3 N–H and O–H groups in total. The normalized spacial score (nSPS) is 19.2. The Balaban J connectivity index is 3.67. The average molecular weight is 175 g/mol. The van der Waals surface area contributed by atoms with E-state index in [4.69, 9.17) is 5.11 Å². The van der Waals surface area contributed by atoms with E-state index in [1.54, 1.807) is 6.92 Å². The fraction of sp³-hybridized carbons (Fsp3) is 1.00. The van der Waals surface area contributed by atoms with E-state index in [-0.39, 0.29) is 6.61 Å². The first-order valence-corrected chi connectivity index (χ1v) is 4.45. The first kappa shape index (κ1) is 11.9. The van der Waals surface area contributed by atoms with Crippen LogP contribution >= 0.6 is 0 Å². The number of hydrogen-bond acceptors (Lipinski definition) is 3. The number of aliphatic hydroxyl groups is 2. The molecule has 12 heavy (non-hydrogen) atoms. The molecule has 0 saturated heterocycles. The van der Waals surface area contributed by atoms with E-state index in [1.807, 2.05) is 0 Å². The summed E-state index contributed by atoms with van der Waals surface area (Å²) in [5, 5.41) is 21.4. The lowest BCUT2D eigenvalue weighted by atomic mass is 10.0. The van der Waals surface area contributed by atoms with Crippen LogP contribution in [0.3, 0.4) is 0 Å². The Morgan fingerprint density at radius 2 is 1.83 bits per heavy atom.